The summed E-state index contributed by atoms with van der Waals surface area (Å²) in [6.45, 7) is 2.17. The number of methoxy groups -OCH3 is 2. The first-order chi connectivity index (χ1) is 7.97. The molecule has 0 aliphatic rings. The molecule has 0 aliphatic carbocycles. The molecule has 4 nitrogen and oxygen atoms in total. The minimum atomic E-state index is -1.01. The van der Waals surface area contributed by atoms with Crippen molar-refractivity contribution in [1.82, 2.24) is 5.32 Å². The average Bonchev–Trinajstić information content (AvgIpc) is 2.28. The van der Waals surface area contributed by atoms with Crippen LogP contribution in [0.25, 0.3) is 0 Å². The SMILES string of the molecule is CNCC(C)(O)c1ccc(OC)c(Br)c1OC. The van der Waals surface area contributed by atoms with Crippen molar-refractivity contribution in [3.05, 3.63) is 22.2 Å². The highest BCUT2D eigenvalue weighted by molar-refractivity contribution is 9.10. The van der Waals surface area contributed by atoms with E-state index in [1.165, 1.54) is 0 Å². The Kier molecular flexibility index (Phi) is 4.80. The van der Waals surface area contributed by atoms with E-state index in [2.05, 4.69) is 21.2 Å². The van der Waals surface area contributed by atoms with Gasteiger partial charge >= 0.3 is 0 Å². The summed E-state index contributed by atoms with van der Waals surface area (Å²) in [5, 5.41) is 13.3. The normalized spacial score (nSPS) is 14.2. The number of hydrogen-bond donors (Lipinski definition) is 2. The Hall–Kier alpha value is -0.780. The van der Waals surface area contributed by atoms with Crippen LogP contribution in [0.15, 0.2) is 16.6 Å². The number of ether oxygens (including phenoxy) is 2. The van der Waals surface area contributed by atoms with Gasteiger partial charge in [-0.1, -0.05) is 0 Å². The Morgan fingerprint density at radius 3 is 2.47 bits per heavy atom. The second-order valence-corrected chi connectivity index (χ2v) is 4.76. The largest absolute Gasteiger partial charge is 0.495 e. The summed E-state index contributed by atoms with van der Waals surface area (Å²) in [5.74, 6) is 1.26. The molecule has 1 aromatic rings. The summed E-state index contributed by atoms with van der Waals surface area (Å²) in [5.41, 5.74) is -0.295. The van der Waals surface area contributed by atoms with Crippen molar-refractivity contribution in [3.8, 4) is 11.5 Å². The molecule has 1 atom stereocenters. The number of nitrogens with one attached hydrogen (secondary N) is 1. The van der Waals surface area contributed by atoms with Crippen molar-refractivity contribution in [2.45, 2.75) is 12.5 Å². The van der Waals surface area contributed by atoms with Gasteiger partial charge in [0.2, 0.25) is 0 Å². The van der Waals surface area contributed by atoms with Gasteiger partial charge in [-0.15, -0.1) is 0 Å². The molecule has 96 valence electrons. The molecule has 0 saturated carbocycles. The van der Waals surface area contributed by atoms with Crippen molar-refractivity contribution in [2.75, 3.05) is 27.8 Å². The molecule has 0 amide bonds. The predicted octanol–water partition coefficient (Wildman–Crippen LogP) is 1.89. The van der Waals surface area contributed by atoms with Crippen LogP contribution in [-0.2, 0) is 5.60 Å². The lowest BCUT2D eigenvalue weighted by molar-refractivity contribution is 0.0563. The minimum absolute atomic E-state index is 0.433. The van der Waals surface area contributed by atoms with Crippen LogP contribution in [0.4, 0.5) is 0 Å². The van der Waals surface area contributed by atoms with Gasteiger partial charge < -0.3 is 19.9 Å². The fourth-order valence-electron chi connectivity index (χ4n) is 1.76. The van der Waals surface area contributed by atoms with Crippen molar-refractivity contribution in [1.29, 1.82) is 0 Å². The Balaban J connectivity index is 3.30. The third-order valence-electron chi connectivity index (χ3n) is 2.59. The maximum atomic E-state index is 10.4. The molecule has 0 bridgehead atoms. The van der Waals surface area contributed by atoms with Crippen LogP contribution in [0.1, 0.15) is 12.5 Å². The van der Waals surface area contributed by atoms with Crippen LogP contribution in [0, 0.1) is 0 Å². The molecule has 1 aromatic carbocycles. The first kappa shape index (κ1) is 14.3. The molecule has 0 heterocycles. The van der Waals surface area contributed by atoms with Crippen LogP contribution in [0.3, 0.4) is 0 Å². The van der Waals surface area contributed by atoms with E-state index >= 15 is 0 Å². The van der Waals surface area contributed by atoms with Gasteiger partial charge in [0, 0.05) is 12.1 Å². The highest BCUT2D eigenvalue weighted by Crippen LogP contribution is 2.41. The zero-order valence-corrected chi connectivity index (χ0v) is 12.1. The van der Waals surface area contributed by atoms with Crippen LogP contribution < -0.4 is 14.8 Å². The molecule has 2 N–H and O–H groups in total. The molecule has 0 fully saturated rings. The first-order valence-electron chi connectivity index (χ1n) is 5.26. The second-order valence-electron chi connectivity index (χ2n) is 3.97. The number of rotatable bonds is 5. The third kappa shape index (κ3) is 2.91. The number of likely N-dealkylation sites (N-methyl/N-ethyl adjacent to an activating group) is 1. The Morgan fingerprint density at radius 1 is 1.35 bits per heavy atom. The van der Waals surface area contributed by atoms with Gasteiger partial charge in [-0.05, 0) is 42.0 Å². The Morgan fingerprint density at radius 2 is 2.00 bits per heavy atom. The van der Waals surface area contributed by atoms with Gasteiger partial charge in [0.05, 0.1) is 14.2 Å². The van der Waals surface area contributed by atoms with E-state index in [1.54, 1.807) is 40.3 Å². The Labute approximate surface area is 110 Å². The lowest BCUT2D eigenvalue weighted by Crippen LogP contribution is -2.33. The van der Waals surface area contributed by atoms with Crippen LogP contribution >= 0.6 is 15.9 Å². The van der Waals surface area contributed by atoms with E-state index in [0.29, 0.717) is 28.1 Å². The monoisotopic (exact) mass is 303 g/mol. The van der Waals surface area contributed by atoms with E-state index in [0.717, 1.165) is 0 Å². The highest BCUT2D eigenvalue weighted by Gasteiger charge is 2.28. The molecule has 0 radical (unpaired) electrons. The summed E-state index contributed by atoms with van der Waals surface area (Å²) in [6, 6.07) is 3.60. The molecule has 0 aromatic heterocycles. The summed E-state index contributed by atoms with van der Waals surface area (Å²) in [4.78, 5) is 0. The van der Waals surface area contributed by atoms with E-state index in [1.807, 2.05) is 0 Å². The molecule has 0 saturated heterocycles. The van der Waals surface area contributed by atoms with Gasteiger partial charge in [-0.25, -0.2) is 0 Å². The lowest BCUT2D eigenvalue weighted by Gasteiger charge is -2.26. The molecule has 0 spiro atoms. The quantitative estimate of drug-likeness (QED) is 0.872. The molecule has 17 heavy (non-hydrogen) atoms. The first-order valence-corrected chi connectivity index (χ1v) is 6.05. The molecule has 0 aliphatic heterocycles. The van der Waals surface area contributed by atoms with Crippen molar-refractivity contribution >= 4 is 15.9 Å². The van der Waals surface area contributed by atoms with Gasteiger partial charge in [0.25, 0.3) is 0 Å². The van der Waals surface area contributed by atoms with Crippen molar-refractivity contribution in [3.63, 3.8) is 0 Å². The van der Waals surface area contributed by atoms with Crippen LogP contribution in [0.2, 0.25) is 0 Å². The van der Waals surface area contributed by atoms with Gasteiger partial charge in [0.15, 0.2) is 0 Å². The summed E-state index contributed by atoms with van der Waals surface area (Å²) in [7, 11) is 4.95. The molecule has 1 rings (SSSR count). The maximum Gasteiger partial charge on any atom is 0.142 e. The fraction of sp³-hybridized carbons (Fsp3) is 0.500. The number of aliphatic hydroxyl groups is 1. The predicted molar refractivity (Wildman–Crippen MR) is 70.7 cm³/mol. The Bertz CT molecular complexity index is 394. The number of hydrogen-bond acceptors (Lipinski definition) is 4. The van der Waals surface area contributed by atoms with Crippen LogP contribution in [-0.4, -0.2) is 32.9 Å². The topological polar surface area (TPSA) is 50.7 Å². The van der Waals surface area contributed by atoms with E-state index in [4.69, 9.17) is 9.47 Å². The van der Waals surface area contributed by atoms with Gasteiger partial charge in [-0.3, -0.25) is 0 Å². The van der Waals surface area contributed by atoms with E-state index < -0.39 is 5.60 Å². The number of benzene rings is 1. The van der Waals surface area contributed by atoms with E-state index in [9.17, 15) is 5.11 Å². The standard InChI is InChI=1S/C12H18BrNO3/c1-12(15,7-14-2)8-5-6-9(16-3)10(13)11(8)17-4/h5-6,14-15H,7H2,1-4H3. The minimum Gasteiger partial charge on any atom is -0.495 e. The summed E-state index contributed by atoms with van der Waals surface area (Å²) < 4.78 is 11.2. The third-order valence-corrected chi connectivity index (χ3v) is 3.34. The molecular weight excluding hydrogens is 286 g/mol. The maximum absolute atomic E-state index is 10.4. The molecule has 1 unspecified atom stereocenters. The van der Waals surface area contributed by atoms with Crippen molar-refractivity contribution < 1.29 is 14.6 Å². The van der Waals surface area contributed by atoms with Gasteiger partial charge in [0.1, 0.15) is 21.6 Å². The highest BCUT2D eigenvalue weighted by atomic mass is 79.9. The lowest BCUT2D eigenvalue weighted by atomic mass is 9.95. The zero-order chi connectivity index (χ0) is 13.1. The smallest absolute Gasteiger partial charge is 0.142 e. The summed E-state index contributed by atoms with van der Waals surface area (Å²) >= 11 is 3.41. The molecule has 5 heteroatoms. The zero-order valence-electron chi connectivity index (χ0n) is 10.5. The molecular formula is C12H18BrNO3. The fourth-order valence-corrected chi connectivity index (χ4v) is 2.43. The van der Waals surface area contributed by atoms with Crippen molar-refractivity contribution in [2.24, 2.45) is 0 Å². The van der Waals surface area contributed by atoms with Crippen LogP contribution in [0.5, 0.6) is 11.5 Å². The number of halogens is 1. The second kappa shape index (κ2) is 5.71. The average molecular weight is 304 g/mol. The van der Waals surface area contributed by atoms with Gasteiger partial charge in [-0.2, -0.15) is 0 Å². The van der Waals surface area contributed by atoms with E-state index in [-0.39, 0.29) is 0 Å². The summed E-state index contributed by atoms with van der Waals surface area (Å²) in [6.07, 6.45) is 0.